The molecule has 0 aliphatic carbocycles. The fourth-order valence-electron chi connectivity index (χ4n) is 1.85. The third-order valence-corrected chi connectivity index (χ3v) is 3.21. The Morgan fingerprint density at radius 3 is 2.90 bits per heavy atom. The van der Waals surface area contributed by atoms with E-state index in [-0.39, 0.29) is 18.5 Å². The van der Waals surface area contributed by atoms with Crippen LogP contribution in [0.3, 0.4) is 0 Å². The van der Waals surface area contributed by atoms with Crippen LogP contribution >= 0.6 is 0 Å². The summed E-state index contributed by atoms with van der Waals surface area (Å²) in [5, 5.41) is 17.4. The second-order valence-corrected chi connectivity index (χ2v) is 4.94. The molecule has 21 heavy (non-hydrogen) atoms. The van der Waals surface area contributed by atoms with Crippen LogP contribution in [-0.4, -0.2) is 38.7 Å². The second kappa shape index (κ2) is 6.83. The molecule has 0 spiro atoms. The molecule has 7 nitrogen and oxygen atoms in total. The van der Waals surface area contributed by atoms with Gasteiger partial charge in [0.15, 0.2) is 5.82 Å². The van der Waals surface area contributed by atoms with Crippen LogP contribution in [0.5, 0.6) is 0 Å². The van der Waals surface area contributed by atoms with E-state index in [0.717, 1.165) is 17.7 Å². The highest BCUT2D eigenvalue weighted by atomic mass is 16.1. The van der Waals surface area contributed by atoms with Crippen molar-refractivity contribution in [3.05, 3.63) is 24.3 Å². The van der Waals surface area contributed by atoms with Crippen molar-refractivity contribution in [1.82, 2.24) is 25.5 Å². The average Bonchev–Trinajstić information content (AvgIpc) is 2.91. The van der Waals surface area contributed by atoms with Gasteiger partial charge in [0.2, 0.25) is 5.91 Å². The van der Waals surface area contributed by atoms with Gasteiger partial charge in [0, 0.05) is 24.3 Å². The van der Waals surface area contributed by atoms with Gasteiger partial charge in [-0.05, 0) is 35.9 Å². The Morgan fingerprint density at radius 1 is 1.43 bits per heavy atom. The molecule has 0 saturated carbocycles. The Bertz CT molecular complexity index is 609. The molecular formula is C14H20N6O. The van der Waals surface area contributed by atoms with E-state index >= 15 is 0 Å². The third kappa shape index (κ3) is 4.01. The van der Waals surface area contributed by atoms with E-state index in [1.807, 2.05) is 38.1 Å². The predicted octanol–water partition coefficient (Wildman–Crippen LogP) is 1.20. The maximum atomic E-state index is 11.7. The van der Waals surface area contributed by atoms with Crippen LogP contribution in [0.25, 0.3) is 11.4 Å². The van der Waals surface area contributed by atoms with E-state index in [4.69, 9.17) is 0 Å². The van der Waals surface area contributed by atoms with Gasteiger partial charge in [0.05, 0.1) is 6.54 Å². The highest BCUT2D eigenvalue weighted by Gasteiger charge is 2.08. The first kappa shape index (κ1) is 15.0. The zero-order valence-electron chi connectivity index (χ0n) is 12.5. The summed E-state index contributed by atoms with van der Waals surface area (Å²) in [6.45, 7) is 4.27. The summed E-state index contributed by atoms with van der Waals surface area (Å²) in [5.74, 6) is 0.665. The van der Waals surface area contributed by atoms with Crippen molar-refractivity contribution in [1.29, 1.82) is 0 Å². The number of nitrogens with one attached hydrogen (secondary N) is 2. The number of hydrogen-bond donors (Lipinski definition) is 2. The first-order valence-corrected chi connectivity index (χ1v) is 6.96. The summed E-state index contributed by atoms with van der Waals surface area (Å²) in [7, 11) is 1.79. The minimum Gasteiger partial charge on any atom is -0.376 e. The van der Waals surface area contributed by atoms with Crippen molar-refractivity contribution in [3.63, 3.8) is 0 Å². The highest BCUT2D eigenvalue weighted by molar-refractivity contribution is 5.81. The van der Waals surface area contributed by atoms with Crippen molar-refractivity contribution in [2.75, 3.05) is 11.9 Å². The fourth-order valence-corrected chi connectivity index (χ4v) is 1.85. The van der Waals surface area contributed by atoms with Gasteiger partial charge in [-0.15, -0.1) is 5.10 Å². The standard InChI is InChI=1S/C14H20N6O/c1-4-10(2)16-13(21)9-15-12-7-5-6-11(8-12)14-17-18-19-20(14)3/h5-8,10,15H,4,9H2,1-3H3,(H,16,21)/t10-/m0/s1. The summed E-state index contributed by atoms with van der Waals surface area (Å²) in [4.78, 5) is 11.7. The molecule has 0 fully saturated rings. The number of aromatic nitrogens is 4. The monoisotopic (exact) mass is 288 g/mol. The van der Waals surface area contributed by atoms with E-state index < -0.39 is 0 Å². The highest BCUT2D eigenvalue weighted by Crippen LogP contribution is 2.19. The molecule has 112 valence electrons. The first-order valence-electron chi connectivity index (χ1n) is 6.96. The van der Waals surface area contributed by atoms with E-state index in [0.29, 0.717) is 5.82 Å². The molecule has 2 N–H and O–H groups in total. The van der Waals surface area contributed by atoms with Gasteiger partial charge in [-0.1, -0.05) is 19.1 Å². The largest absolute Gasteiger partial charge is 0.376 e. The molecule has 0 unspecified atom stereocenters. The molecule has 1 amide bonds. The van der Waals surface area contributed by atoms with Gasteiger partial charge in [0.1, 0.15) is 0 Å². The van der Waals surface area contributed by atoms with Crippen molar-refractivity contribution in [2.45, 2.75) is 26.3 Å². The number of aryl methyl sites for hydroxylation is 1. The van der Waals surface area contributed by atoms with Gasteiger partial charge < -0.3 is 10.6 Å². The number of rotatable bonds is 6. The van der Waals surface area contributed by atoms with Gasteiger partial charge >= 0.3 is 0 Å². The summed E-state index contributed by atoms with van der Waals surface area (Å²) < 4.78 is 1.61. The van der Waals surface area contributed by atoms with Gasteiger partial charge in [0.25, 0.3) is 0 Å². The minimum atomic E-state index is -0.0184. The Morgan fingerprint density at radius 2 is 2.24 bits per heavy atom. The number of amides is 1. The maximum Gasteiger partial charge on any atom is 0.239 e. The summed E-state index contributed by atoms with van der Waals surface area (Å²) in [6.07, 6.45) is 0.917. The number of anilines is 1. The van der Waals surface area contributed by atoms with Gasteiger partial charge in [-0.2, -0.15) is 0 Å². The van der Waals surface area contributed by atoms with Gasteiger partial charge in [-0.25, -0.2) is 4.68 Å². The number of tetrazole rings is 1. The quantitative estimate of drug-likeness (QED) is 0.834. The van der Waals surface area contributed by atoms with Crippen molar-refractivity contribution < 1.29 is 4.79 Å². The van der Waals surface area contributed by atoms with Crippen LogP contribution in [-0.2, 0) is 11.8 Å². The Kier molecular flexibility index (Phi) is 4.86. The lowest BCUT2D eigenvalue weighted by molar-refractivity contribution is -0.120. The molecule has 2 aromatic rings. The van der Waals surface area contributed by atoms with E-state index in [1.54, 1.807) is 11.7 Å². The number of nitrogens with zero attached hydrogens (tertiary/aromatic N) is 4. The topological polar surface area (TPSA) is 84.7 Å². The molecule has 0 bridgehead atoms. The molecule has 0 aliphatic rings. The maximum absolute atomic E-state index is 11.7. The molecule has 0 saturated heterocycles. The van der Waals surface area contributed by atoms with Crippen molar-refractivity contribution in [3.8, 4) is 11.4 Å². The van der Waals surface area contributed by atoms with Gasteiger partial charge in [-0.3, -0.25) is 4.79 Å². The Hall–Kier alpha value is -2.44. The first-order chi connectivity index (χ1) is 10.1. The molecular weight excluding hydrogens is 268 g/mol. The van der Waals surface area contributed by atoms with Crippen LogP contribution in [0.2, 0.25) is 0 Å². The van der Waals surface area contributed by atoms with E-state index in [9.17, 15) is 4.79 Å². The number of hydrogen-bond acceptors (Lipinski definition) is 5. The number of carbonyl (C=O) groups is 1. The molecule has 0 aliphatic heterocycles. The molecule has 1 atom stereocenters. The normalized spacial score (nSPS) is 12.0. The summed E-state index contributed by atoms with van der Waals surface area (Å²) >= 11 is 0. The zero-order chi connectivity index (χ0) is 15.2. The molecule has 1 aromatic heterocycles. The molecule has 2 rings (SSSR count). The molecule has 0 radical (unpaired) electrons. The number of benzene rings is 1. The Balaban J connectivity index is 1.99. The van der Waals surface area contributed by atoms with Crippen LogP contribution in [0.1, 0.15) is 20.3 Å². The summed E-state index contributed by atoms with van der Waals surface area (Å²) in [6, 6.07) is 7.84. The average molecular weight is 288 g/mol. The van der Waals surface area contributed by atoms with E-state index in [2.05, 4.69) is 26.2 Å². The van der Waals surface area contributed by atoms with Crippen LogP contribution < -0.4 is 10.6 Å². The fraction of sp³-hybridized carbons (Fsp3) is 0.429. The van der Waals surface area contributed by atoms with Crippen LogP contribution in [0, 0.1) is 0 Å². The van der Waals surface area contributed by atoms with Crippen molar-refractivity contribution in [2.24, 2.45) is 7.05 Å². The van der Waals surface area contributed by atoms with E-state index in [1.165, 1.54) is 0 Å². The second-order valence-electron chi connectivity index (χ2n) is 4.94. The van der Waals surface area contributed by atoms with Crippen LogP contribution in [0.4, 0.5) is 5.69 Å². The van der Waals surface area contributed by atoms with Crippen molar-refractivity contribution >= 4 is 11.6 Å². The smallest absolute Gasteiger partial charge is 0.239 e. The lowest BCUT2D eigenvalue weighted by atomic mass is 10.2. The minimum absolute atomic E-state index is 0.0184. The lowest BCUT2D eigenvalue weighted by Crippen LogP contribution is -2.36. The zero-order valence-corrected chi connectivity index (χ0v) is 12.5. The summed E-state index contributed by atoms with van der Waals surface area (Å²) in [5.41, 5.74) is 1.75. The van der Waals surface area contributed by atoms with Crippen LogP contribution in [0.15, 0.2) is 24.3 Å². The predicted molar refractivity (Wildman–Crippen MR) is 80.6 cm³/mol. The molecule has 1 aromatic carbocycles. The Labute approximate surface area is 123 Å². The lowest BCUT2D eigenvalue weighted by Gasteiger charge is -2.12. The number of carbonyl (C=O) groups excluding carboxylic acids is 1. The molecule has 1 heterocycles. The third-order valence-electron chi connectivity index (χ3n) is 3.21. The SMILES string of the molecule is CC[C@H](C)NC(=O)CNc1cccc(-c2nnnn2C)c1. The molecule has 7 heteroatoms.